The van der Waals surface area contributed by atoms with Gasteiger partial charge in [0, 0.05) is 76.3 Å². The Labute approximate surface area is 348 Å². The monoisotopic (exact) mass is 750 g/mol. The summed E-state index contributed by atoms with van der Waals surface area (Å²) in [4.78, 5) is 0. The Bertz CT molecular complexity index is 2760. The van der Waals surface area contributed by atoms with Crippen LogP contribution in [0.2, 0.25) is 0 Å². The molecular formula is C59H42. The first-order valence-electron chi connectivity index (χ1n) is 21.8. The molecule has 59 heavy (non-hydrogen) atoms. The predicted octanol–water partition coefficient (Wildman–Crippen LogP) is 12.9. The van der Waals surface area contributed by atoms with E-state index in [1.165, 1.54) is 76.3 Å². The molecular weight excluding hydrogens is 709 g/mol. The molecule has 9 aliphatic carbocycles. The summed E-state index contributed by atoms with van der Waals surface area (Å²) in [6, 6.07) is 56.1. The summed E-state index contributed by atoms with van der Waals surface area (Å²) in [6.07, 6.45) is 38.6. The third-order valence-corrected chi connectivity index (χ3v) is 16.4. The van der Waals surface area contributed by atoms with E-state index in [4.69, 9.17) is 0 Å². The van der Waals surface area contributed by atoms with Crippen LogP contribution in [-0.4, -0.2) is 0 Å². The molecule has 0 saturated heterocycles. The van der Waals surface area contributed by atoms with Crippen LogP contribution in [0.25, 0.3) is 32.3 Å². The van der Waals surface area contributed by atoms with Gasteiger partial charge in [0.1, 0.15) is 0 Å². The van der Waals surface area contributed by atoms with Gasteiger partial charge in [0.15, 0.2) is 0 Å². The molecule has 0 radical (unpaired) electrons. The Morgan fingerprint density at radius 3 is 0.797 bits per heavy atom. The van der Waals surface area contributed by atoms with E-state index < -0.39 is 0 Å². The van der Waals surface area contributed by atoms with Crippen molar-refractivity contribution in [3.05, 3.63) is 228 Å². The molecule has 278 valence electrons. The van der Waals surface area contributed by atoms with Crippen LogP contribution in [0.5, 0.6) is 0 Å². The molecule has 0 nitrogen and oxygen atoms in total. The van der Waals surface area contributed by atoms with Crippen LogP contribution in [0.15, 0.2) is 146 Å². The summed E-state index contributed by atoms with van der Waals surface area (Å²) < 4.78 is 0. The fourth-order valence-electron chi connectivity index (χ4n) is 13.8. The normalized spacial score (nSPS) is 32.3. The summed E-state index contributed by atoms with van der Waals surface area (Å²) in [6.45, 7) is 0. The SMILES string of the molecule is c1c2c(c#cc3ccc(cc3)c3c(c4ccc(c#cc5c(c#cc6ccc(c#1)cc6)C16C=CC=CC51CCC6)cc4)C14C=CC=CC31CCC4)C13C=CC=CC21CCC3. The molecule has 0 amide bonds. The molecule has 0 aliphatic heterocycles. The van der Waals surface area contributed by atoms with Gasteiger partial charge in [-0.05, 0) is 109 Å². The molecule has 9 aliphatic rings. The summed E-state index contributed by atoms with van der Waals surface area (Å²) in [5.41, 5.74) is 7.65. The lowest BCUT2D eigenvalue weighted by atomic mass is 9.46. The van der Waals surface area contributed by atoms with E-state index in [0.717, 1.165) is 47.2 Å². The van der Waals surface area contributed by atoms with Crippen molar-refractivity contribution in [2.75, 3.05) is 0 Å². The highest BCUT2D eigenvalue weighted by Gasteiger charge is 2.66. The van der Waals surface area contributed by atoms with Crippen LogP contribution < -0.4 is 0 Å². The summed E-state index contributed by atoms with van der Waals surface area (Å²) >= 11 is 0. The van der Waals surface area contributed by atoms with E-state index in [-0.39, 0.29) is 32.5 Å². The van der Waals surface area contributed by atoms with Crippen molar-refractivity contribution in [3.63, 3.8) is 0 Å². The molecule has 16 rings (SSSR count). The van der Waals surface area contributed by atoms with E-state index in [0.29, 0.717) is 0 Å². The molecule has 0 spiro atoms. The second-order valence-electron chi connectivity index (χ2n) is 18.5. The molecule has 0 heteroatoms. The lowest BCUT2D eigenvalue weighted by Crippen LogP contribution is -2.53. The van der Waals surface area contributed by atoms with Crippen molar-refractivity contribution < 1.29 is 0 Å². The van der Waals surface area contributed by atoms with E-state index in [1.807, 2.05) is 0 Å². The summed E-state index contributed by atoms with van der Waals surface area (Å²) in [5, 5.41) is 6.71. The van der Waals surface area contributed by atoms with E-state index in [9.17, 15) is 0 Å². The minimum Gasteiger partial charge on any atom is -0.0727 e. The molecule has 3 saturated carbocycles. The van der Waals surface area contributed by atoms with Gasteiger partial charge < -0.3 is 0 Å². The largest absolute Gasteiger partial charge is 0.0727 e. The van der Waals surface area contributed by atoms with Gasteiger partial charge in [-0.25, -0.2) is 0 Å². The summed E-state index contributed by atoms with van der Waals surface area (Å²) in [7, 11) is 0. The Hall–Kier alpha value is -6.44. The highest BCUT2D eigenvalue weighted by atomic mass is 14.7. The highest BCUT2D eigenvalue weighted by Crippen LogP contribution is 2.70. The number of allylic oxidation sites excluding steroid dienone is 12. The number of hydrogen-bond donors (Lipinski definition) is 0. The molecule has 0 heterocycles. The molecule has 0 aromatic heterocycles. The van der Waals surface area contributed by atoms with Crippen molar-refractivity contribution in [1.82, 2.24) is 0 Å². The van der Waals surface area contributed by atoms with Crippen LogP contribution in [0.1, 0.15) is 91.2 Å². The fraction of sp³-hybridized carbons (Fsp3) is 0.254. The number of benzene rings is 3. The van der Waals surface area contributed by atoms with Gasteiger partial charge >= 0.3 is 0 Å². The molecule has 0 N–H and O–H groups in total. The number of fused-ring (bicyclic) bond motifs is 3. The predicted molar refractivity (Wildman–Crippen MR) is 238 cm³/mol. The zero-order chi connectivity index (χ0) is 38.9. The molecule has 3 fully saturated rings. The van der Waals surface area contributed by atoms with Crippen molar-refractivity contribution in [2.45, 2.75) is 90.3 Å². The van der Waals surface area contributed by atoms with Gasteiger partial charge in [-0.15, -0.1) is 0 Å². The first-order chi connectivity index (χ1) is 29.1. The first-order valence-corrected chi connectivity index (χ1v) is 21.8. The summed E-state index contributed by atoms with van der Waals surface area (Å²) in [5.74, 6) is 0. The van der Waals surface area contributed by atoms with Crippen molar-refractivity contribution >= 4 is 32.3 Å². The minimum absolute atomic E-state index is 0.0325. The van der Waals surface area contributed by atoms with E-state index in [1.54, 1.807) is 0 Å². The lowest BCUT2D eigenvalue weighted by molar-refractivity contribution is 0.317. The highest BCUT2D eigenvalue weighted by molar-refractivity contribution is 5.86. The maximum atomic E-state index is 3.73. The van der Waals surface area contributed by atoms with Crippen LogP contribution in [0, 0.1) is 48.5 Å². The van der Waals surface area contributed by atoms with Gasteiger partial charge in [0.2, 0.25) is 0 Å². The Kier molecular flexibility index (Phi) is 6.60. The van der Waals surface area contributed by atoms with Crippen LogP contribution in [0.3, 0.4) is 0 Å². The second-order valence-corrected chi connectivity index (χ2v) is 18.5. The lowest BCUT2D eigenvalue weighted by Gasteiger charge is -2.56. The van der Waals surface area contributed by atoms with Gasteiger partial charge in [0.05, 0.1) is 0 Å². The number of rotatable bonds is 0. The zero-order valence-corrected chi connectivity index (χ0v) is 33.2. The molecule has 6 atom stereocenters. The van der Waals surface area contributed by atoms with E-state index >= 15 is 0 Å². The topological polar surface area (TPSA) is 0 Å². The maximum Gasteiger partial charge on any atom is 0.0363 e. The smallest absolute Gasteiger partial charge is 0.0363 e. The second kappa shape index (κ2) is 11.6. The van der Waals surface area contributed by atoms with Gasteiger partial charge in [-0.3, -0.25) is 0 Å². The Balaban J connectivity index is 1.06. The van der Waals surface area contributed by atoms with E-state index in [2.05, 4.69) is 194 Å². The fourth-order valence-corrected chi connectivity index (χ4v) is 13.8. The van der Waals surface area contributed by atoms with Crippen LogP contribution >= 0.6 is 0 Å². The average Bonchev–Trinajstić information content (AvgIpc) is 3.92. The van der Waals surface area contributed by atoms with Gasteiger partial charge in [0.25, 0.3) is 0 Å². The third kappa shape index (κ3) is 4.02. The maximum absolute atomic E-state index is 3.73. The van der Waals surface area contributed by atoms with Crippen LogP contribution in [0.4, 0.5) is 0 Å². The molecule has 7 aromatic rings. The Morgan fingerprint density at radius 1 is 0.271 bits per heavy atom. The van der Waals surface area contributed by atoms with Crippen molar-refractivity contribution in [3.8, 4) is 0 Å². The molecule has 7 aromatic carbocycles. The minimum atomic E-state index is -0.0499. The standard InChI is InChI=1S/C59H42/c1-3-32-56-38-7-36-54(56,30-1)48-26-18-42-10-12-43(13-11-42)19-27-49-51(57-33-4-2-31-55(49,57)37-8-39-57)29-21-45-16-24-47(25-17-45)53-52(46-22-14-44(15-23-46)20-28-50(48)56)58-34-5-6-35-59(53,58)41-9-40-58/h1-6,10-17,22-25,30-35H,7-9,36-41H2. The Morgan fingerprint density at radius 2 is 0.508 bits per heavy atom. The first kappa shape index (κ1) is 33.5. The zero-order valence-electron chi connectivity index (χ0n) is 33.2. The van der Waals surface area contributed by atoms with Crippen molar-refractivity contribution in [1.29, 1.82) is 0 Å². The number of hydrogen-bond acceptors (Lipinski definition) is 0. The average molecular weight is 751 g/mol. The van der Waals surface area contributed by atoms with Gasteiger partial charge in [-0.2, -0.15) is 0 Å². The quantitative estimate of drug-likeness (QED) is 0.168. The van der Waals surface area contributed by atoms with Crippen LogP contribution in [-0.2, 0) is 32.5 Å². The third-order valence-electron chi connectivity index (χ3n) is 16.4. The molecule has 6 unspecified atom stereocenters. The van der Waals surface area contributed by atoms with Gasteiger partial charge in [-0.1, -0.05) is 165 Å². The van der Waals surface area contributed by atoms with Crippen molar-refractivity contribution in [2.24, 2.45) is 0 Å². The molecule has 6 bridgehead atoms.